The van der Waals surface area contributed by atoms with E-state index >= 15 is 0 Å². The molecule has 0 amide bonds. The largest absolute Gasteiger partial charge is 0.493 e. The van der Waals surface area contributed by atoms with Crippen LogP contribution in [0, 0.1) is 0 Å². The molecule has 1 atom stereocenters. The number of thiazole rings is 1. The lowest BCUT2D eigenvalue weighted by Gasteiger charge is -2.30. The van der Waals surface area contributed by atoms with E-state index in [4.69, 9.17) is 19.2 Å². The van der Waals surface area contributed by atoms with Gasteiger partial charge in [0.1, 0.15) is 5.01 Å². The molecule has 3 rings (SSSR count). The number of aromatic nitrogens is 1. The van der Waals surface area contributed by atoms with E-state index < -0.39 is 0 Å². The molecule has 1 aromatic carbocycles. The average molecular weight is 334 g/mol. The molecule has 1 aliphatic rings. The summed E-state index contributed by atoms with van der Waals surface area (Å²) >= 11 is 1.66. The fourth-order valence-electron chi connectivity index (χ4n) is 2.74. The minimum absolute atomic E-state index is 0.299. The first kappa shape index (κ1) is 16.2. The van der Waals surface area contributed by atoms with Gasteiger partial charge in [0.15, 0.2) is 11.5 Å². The van der Waals surface area contributed by atoms with Crippen molar-refractivity contribution < 1.29 is 14.2 Å². The van der Waals surface area contributed by atoms with Crippen molar-refractivity contribution in [2.45, 2.75) is 19.6 Å². The van der Waals surface area contributed by atoms with Crippen LogP contribution in [0.1, 0.15) is 12.6 Å². The molecule has 2 heterocycles. The van der Waals surface area contributed by atoms with E-state index in [9.17, 15) is 0 Å². The van der Waals surface area contributed by atoms with Gasteiger partial charge in [0, 0.05) is 30.6 Å². The summed E-state index contributed by atoms with van der Waals surface area (Å²) in [7, 11) is 3.29. The smallest absolute Gasteiger partial charge is 0.161 e. The van der Waals surface area contributed by atoms with Crippen LogP contribution in [0.3, 0.4) is 0 Å². The molecule has 0 N–H and O–H groups in total. The van der Waals surface area contributed by atoms with Crippen molar-refractivity contribution in [3.05, 3.63) is 29.3 Å². The number of rotatable bonds is 5. The van der Waals surface area contributed by atoms with Crippen molar-refractivity contribution >= 4 is 11.3 Å². The molecule has 0 unspecified atom stereocenters. The Labute approximate surface area is 140 Å². The third-order valence-corrected chi connectivity index (χ3v) is 4.83. The van der Waals surface area contributed by atoms with Crippen LogP contribution in [-0.2, 0) is 11.3 Å². The van der Waals surface area contributed by atoms with Gasteiger partial charge in [-0.25, -0.2) is 4.98 Å². The maximum Gasteiger partial charge on any atom is 0.161 e. The maximum atomic E-state index is 5.58. The van der Waals surface area contributed by atoms with Crippen molar-refractivity contribution in [1.29, 1.82) is 0 Å². The summed E-state index contributed by atoms with van der Waals surface area (Å²) < 4.78 is 16.2. The van der Waals surface area contributed by atoms with Crippen molar-refractivity contribution in [1.82, 2.24) is 9.88 Å². The molecular formula is C17H22N2O3S. The third-order valence-electron chi connectivity index (χ3n) is 3.89. The quantitative estimate of drug-likeness (QED) is 0.841. The number of hydrogen-bond acceptors (Lipinski definition) is 6. The van der Waals surface area contributed by atoms with Crippen LogP contribution >= 0.6 is 11.3 Å². The average Bonchev–Trinajstić information content (AvgIpc) is 3.02. The Kier molecular flexibility index (Phi) is 5.15. The molecule has 0 saturated carbocycles. The Bertz CT molecular complexity index is 659. The van der Waals surface area contributed by atoms with Gasteiger partial charge in [0.05, 0.1) is 32.6 Å². The van der Waals surface area contributed by atoms with Crippen LogP contribution in [0.25, 0.3) is 10.6 Å². The normalized spacial score (nSPS) is 18.8. The summed E-state index contributed by atoms with van der Waals surface area (Å²) in [6.45, 7) is 5.71. The van der Waals surface area contributed by atoms with Gasteiger partial charge in [-0.3, -0.25) is 4.90 Å². The van der Waals surface area contributed by atoms with E-state index in [1.54, 1.807) is 25.6 Å². The van der Waals surface area contributed by atoms with Crippen LogP contribution in [0.15, 0.2) is 23.6 Å². The molecule has 1 aliphatic heterocycles. The second-order valence-electron chi connectivity index (χ2n) is 5.63. The molecule has 0 aliphatic carbocycles. The zero-order valence-electron chi connectivity index (χ0n) is 13.7. The van der Waals surface area contributed by atoms with Gasteiger partial charge in [-0.2, -0.15) is 0 Å². The van der Waals surface area contributed by atoms with E-state index in [0.717, 1.165) is 54.0 Å². The lowest BCUT2D eigenvalue weighted by atomic mass is 10.2. The number of nitrogens with zero attached hydrogens (tertiary/aromatic N) is 2. The Morgan fingerprint density at radius 1 is 1.30 bits per heavy atom. The van der Waals surface area contributed by atoms with Gasteiger partial charge < -0.3 is 14.2 Å². The predicted octanol–water partition coefficient (Wildman–Crippen LogP) is 3.05. The molecule has 1 saturated heterocycles. The number of ether oxygens (including phenoxy) is 3. The SMILES string of the molecule is COc1ccc(-c2nc(CN3CCO[C@H](C)C3)cs2)cc1OC. The standard InChI is InChI=1S/C17H22N2O3S/c1-12-9-19(6-7-22-12)10-14-11-23-17(18-14)13-4-5-15(20-2)16(8-13)21-3/h4-5,8,11-12H,6-7,9-10H2,1-3H3/t12-/m1/s1. The van der Waals surface area contributed by atoms with Gasteiger partial charge >= 0.3 is 0 Å². The summed E-state index contributed by atoms with van der Waals surface area (Å²) in [6, 6.07) is 5.90. The lowest BCUT2D eigenvalue weighted by Crippen LogP contribution is -2.40. The minimum Gasteiger partial charge on any atom is -0.493 e. The van der Waals surface area contributed by atoms with Gasteiger partial charge in [-0.05, 0) is 25.1 Å². The summed E-state index contributed by atoms with van der Waals surface area (Å²) in [5.74, 6) is 1.46. The number of hydrogen-bond donors (Lipinski definition) is 0. The molecule has 0 bridgehead atoms. The van der Waals surface area contributed by atoms with E-state index in [1.807, 2.05) is 18.2 Å². The molecular weight excluding hydrogens is 312 g/mol. The molecule has 0 radical (unpaired) electrons. The lowest BCUT2D eigenvalue weighted by molar-refractivity contribution is -0.0215. The van der Waals surface area contributed by atoms with Crippen LogP contribution in [-0.4, -0.2) is 49.9 Å². The molecule has 1 aromatic heterocycles. The van der Waals surface area contributed by atoms with Crippen molar-refractivity contribution in [2.75, 3.05) is 33.9 Å². The maximum absolute atomic E-state index is 5.58. The molecule has 23 heavy (non-hydrogen) atoms. The van der Waals surface area contributed by atoms with Gasteiger partial charge in [-0.1, -0.05) is 0 Å². The highest BCUT2D eigenvalue weighted by Crippen LogP contribution is 2.33. The first-order chi connectivity index (χ1) is 11.2. The zero-order chi connectivity index (χ0) is 16.2. The van der Waals surface area contributed by atoms with Gasteiger partial charge in [0.2, 0.25) is 0 Å². The van der Waals surface area contributed by atoms with Crippen molar-refractivity contribution in [3.63, 3.8) is 0 Å². The predicted molar refractivity (Wildman–Crippen MR) is 91.3 cm³/mol. The zero-order valence-corrected chi connectivity index (χ0v) is 14.6. The highest BCUT2D eigenvalue weighted by molar-refractivity contribution is 7.13. The number of methoxy groups -OCH3 is 2. The first-order valence-electron chi connectivity index (χ1n) is 7.70. The molecule has 5 nitrogen and oxygen atoms in total. The Morgan fingerprint density at radius 2 is 2.13 bits per heavy atom. The van der Waals surface area contributed by atoms with Crippen LogP contribution in [0.2, 0.25) is 0 Å². The highest BCUT2D eigenvalue weighted by Gasteiger charge is 2.18. The molecule has 0 spiro atoms. The van der Waals surface area contributed by atoms with Crippen molar-refractivity contribution in [3.8, 4) is 22.1 Å². The van der Waals surface area contributed by atoms with E-state index in [0.29, 0.717) is 6.10 Å². The second-order valence-corrected chi connectivity index (χ2v) is 6.49. The fourth-order valence-corrected chi connectivity index (χ4v) is 3.55. The Balaban J connectivity index is 1.74. The highest BCUT2D eigenvalue weighted by atomic mass is 32.1. The summed E-state index contributed by atoms with van der Waals surface area (Å²) in [4.78, 5) is 7.16. The summed E-state index contributed by atoms with van der Waals surface area (Å²) in [5.41, 5.74) is 2.16. The van der Waals surface area contributed by atoms with Crippen LogP contribution in [0.4, 0.5) is 0 Å². The fraction of sp³-hybridized carbons (Fsp3) is 0.471. The van der Waals surface area contributed by atoms with Crippen LogP contribution < -0.4 is 9.47 Å². The molecule has 124 valence electrons. The Hall–Kier alpha value is -1.63. The Morgan fingerprint density at radius 3 is 2.87 bits per heavy atom. The third kappa shape index (κ3) is 3.83. The summed E-state index contributed by atoms with van der Waals surface area (Å²) in [5, 5.41) is 3.13. The number of benzene rings is 1. The first-order valence-corrected chi connectivity index (χ1v) is 8.58. The van der Waals surface area contributed by atoms with Gasteiger partial charge in [-0.15, -0.1) is 11.3 Å². The van der Waals surface area contributed by atoms with E-state index in [2.05, 4.69) is 17.2 Å². The van der Waals surface area contributed by atoms with Crippen LogP contribution in [0.5, 0.6) is 11.5 Å². The minimum atomic E-state index is 0.299. The van der Waals surface area contributed by atoms with Gasteiger partial charge in [0.25, 0.3) is 0 Å². The monoisotopic (exact) mass is 334 g/mol. The number of morpholine rings is 1. The summed E-state index contributed by atoms with van der Waals surface area (Å²) in [6.07, 6.45) is 0.299. The molecule has 6 heteroatoms. The topological polar surface area (TPSA) is 43.8 Å². The van der Waals surface area contributed by atoms with E-state index in [-0.39, 0.29) is 0 Å². The second kappa shape index (κ2) is 7.29. The molecule has 2 aromatic rings. The van der Waals surface area contributed by atoms with Crippen molar-refractivity contribution in [2.24, 2.45) is 0 Å². The molecule has 1 fully saturated rings. The van der Waals surface area contributed by atoms with E-state index in [1.165, 1.54) is 0 Å².